The fourth-order valence-corrected chi connectivity index (χ4v) is 4.01. The van der Waals surface area contributed by atoms with Gasteiger partial charge in [-0.1, -0.05) is 42.8 Å². The molecule has 1 atom stereocenters. The summed E-state index contributed by atoms with van der Waals surface area (Å²) in [5.41, 5.74) is 2.41. The molecule has 1 N–H and O–H groups in total. The van der Waals surface area contributed by atoms with Crippen molar-refractivity contribution in [3.63, 3.8) is 0 Å². The summed E-state index contributed by atoms with van der Waals surface area (Å²) in [4.78, 5) is 27.6. The van der Waals surface area contributed by atoms with Crippen LogP contribution in [-0.2, 0) is 0 Å². The Labute approximate surface area is 170 Å². The Morgan fingerprint density at radius 1 is 1.07 bits per heavy atom. The highest BCUT2D eigenvalue weighted by atomic mass is 16.3. The lowest BCUT2D eigenvalue weighted by Gasteiger charge is -2.35. The quantitative estimate of drug-likeness (QED) is 0.714. The van der Waals surface area contributed by atoms with Gasteiger partial charge in [0.2, 0.25) is 0 Å². The maximum atomic E-state index is 12.8. The predicted octanol–water partition coefficient (Wildman–Crippen LogP) is 4.06. The summed E-state index contributed by atoms with van der Waals surface area (Å²) in [6.45, 7) is 4.45. The zero-order valence-electron chi connectivity index (χ0n) is 16.7. The van der Waals surface area contributed by atoms with Crippen molar-refractivity contribution in [3.8, 4) is 0 Å². The molecule has 5 nitrogen and oxygen atoms in total. The number of carbonyl (C=O) groups excluding carboxylic acids is 1. The van der Waals surface area contributed by atoms with Crippen LogP contribution in [0.1, 0.15) is 47.0 Å². The molecule has 0 saturated carbocycles. The fraction of sp³-hybridized carbons (Fsp3) is 0.333. The molecule has 0 spiro atoms. The maximum Gasteiger partial charge on any atom is 0.287 e. The highest BCUT2D eigenvalue weighted by Crippen LogP contribution is 2.24. The number of fused-ring (bicyclic) bond motifs is 1. The summed E-state index contributed by atoms with van der Waals surface area (Å²) in [7, 11) is 0. The average molecular weight is 390 g/mol. The maximum absolute atomic E-state index is 12.8. The van der Waals surface area contributed by atoms with E-state index in [4.69, 9.17) is 4.42 Å². The average Bonchev–Trinajstić information content (AvgIpc) is 2.75. The van der Waals surface area contributed by atoms with Gasteiger partial charge in [0.1, 0.15) is 5.58 Å². The van der Waals surface area contributed by atoms with E-state index in [9.17, 15) is 9.59 Å². The third-order valence-electron chi connectivity index (χ3n) is 5.58. The van der Waals surface area contributed by atoms with E-state index in [1.165, 1.54) is 30.9 Å². The largest absolute Gasteiger partial charge is 0.451 e. The number of nitrogens with zero attached hydrogens (tertiary/aromatic N) is 1. The second kappa shape index (κ2) is 8.62. The van der Waals surface area contributed by atoms with Gasteiger partial charge in [0.15, 0.2) is 11.2 Å². The number of nitrogens with one attached hydrogen (secondary N) is 1. The van der Waals surface area contributed by atoms with Crippen LogP contribution in [-0.4, -0.2) is 30.4 Å². The van der Waals surface area contributed by atoms with Crippen molar-refractivity contribution in [2.24, 2.45) is 0 Å². The Kier molecular flexibility index (Phi) is 5.76. The van der Waals surface area contributed by atoms with Crippen LogP contribution in [0, 0.1) is 6.92 Å². The van der Waals surface area contributed by atoms with Gasteiger partial charge in [-0.3, -0.25) is 14.5 Å². The lowest BCUT2D eigenvalue weighted by molar-refractivity contribution is 0.0897. The molecule has 1 unspecified atom stereocenters. The highest BCUT2D eigenvalue weighted by Gasteiger charge is 2.23. The molecule has 0 bridgehead atoms. The van der Waals surface area contributed by atoms with Gasteiger partial charge >= 0.3 is 0 Å². The van der Waals surface area contributed by atoms with Gasteiger partial charge in [0.05, 0.1) is 11.4 Å². The molecule has 1 aliphatic rings. The Morgan fingerprint density at radius 3 is 2.59 bits per heavy atom. The molecular formula is C24H26N2O3. The Bertz CT molecular complexity index is 1050. The molecule has 1 amide bonds. The van der Waals surface area contributed by atoms with Crippen molar-refractivity contribution < 1.29 is 9.21 Å². The smallest absolute Gasteiger partial charge is 0.287 e. The van der Waals surface area contributed by atoms with Crippen molar-refractivity contribution in [2.75, 3.05) is 19.6 Å². The topological polar surface area (TPSA) is 62.6 Å². The minimum atomic E-state index is -0.358. The van der Waals surface area contributed by atoms with Crippen LogP contribution in [0.3, 0.4) is 0 Å². The lowest BCUT2D eigenvalue weighted by atomic mass is 10.0. The van der Waals surface area contributed by atoms with Crippen LogP contribution >= 0.6 is 0 Å². The number of piperidine rings is 1. The molecule has 1 aliphatic heterocycles. The fourth-order valence-electron chi connectivity index (χ4n) is 4.01. The van der Waals surface area contributed by atoms with Crippen LogP contribution in [0.15, 0.2) is 63.8 Å². The van der Waals surface area contributed by atoms with E-state index in [1.54, 1.807) is 12.1 Å². The number of benzene rings is 2. The number of aryl methyl sites for hydroxylation is 1. The van der Waals surface area contributed by atoms with Gasteiger partial charge in [-0.2, -0.15) is 0 Å². The van der Waals surface area contributed by atoms with E-state index in [0.717, 1.165) is 18.7 Å². The van der Waals surface area contributed by atoms with E-state index < -0.39 is 0 Å². The van der Waals surface area contributed by atoms with Gasteiger partial charge in [-0.15, -0.1) is 0 Å². The first kappa shape index (κ1) is 19.4. The molecule has 3 aromatic rings. The van der Waals surface area contributed by atoms with Crippen molar-refractivity contribution in [2.45, 2.75) is 32.2 Å². The monoisotopic (exact) mass is 390 g/mol. The second-order valence-corrected chi connectivity index (χ2v) is 7.71. The Hall–Kier alpha value is -2.92. The summed E-state index contributed by atoms with van der Waals surface area (Å²) >= 11 is 0. The number of likely N-dealkylation sites (tertiary alicyclic amines) is 1. The van der Waals surface area contributed by atoms with E-state index in [1.807, 2.05) is 31.2 Å². The van der Waals surface area contributed by atoms with Gasteiger partial charge in [-0.05, 0) is 56.1 Å². The molecule has 0 aliphatic carbocycles. The van der Waals surface area contributed by atoms with E-state index in [-0.39, 0.29) is 23.1 Å². The first-order valence-corrected chi connectivity index (χ1v) is 10.2. The summed E-state index contributed by atoms with van der Waals surface area (Å²) in [6, 6.07) is 17.0. The third kappa shape index (κ3) is 4.40. The third-order valence-corrected chi connectivity index (χ3v) is 5.58. The molecule has 5 heteroatoms. The number of carbonyl (C=O) groups is 1. The normalized spacial score (nSPS) is 15.9. The zero-order valence-corrected chi connectivity index (χ0v) is 16.7. The van der Waals surface area contributed by atoms with Crippen LogP contribution in [0.4, 0.5) is 0 Å². The molecule has 1 aromatic heterocycles. The SMILES string of the molecule is Cc1ccc2c(=O)cc(C(=O)NCC(c3ccccc3)N3CCCCC3)oc2c1. The Morgan fingerprint density at radius 2 is 1.83 bits per heavy atom. The number of hydrogen-bond donors (Lipinski definition) is 1. The van der Waals surface area contributed by atoms with Gasteiger partial charge in [0.25, 0.3) is 5.91 Å². The minimum absolute atomic E-state index is 0.0542. The predicted molar refractivity (Wildman–Crippen MR) is 114 cm³/mol. The minimum Gasteiger partial charge on any atom is -0.451 e. The second-order valence-electron chi connectivity index (χ2n) is 7.71. The molecule has 2 aromatic carbocycles. The number of rotatable bonds is 5. The molecule has 0 radical (unpaired) electrons. The van der Waals surface area contributed by atoms with Crippen molar-refractivity contribution in [3.05, 3.63) is 81.7 Å². The first-order chi connectivity index (χ1) is 14.1. The summed E-state index contributed by atoms with van der Waals surface area (Å²) < 4.78 is 5.74. The van der Waals surface area contributed by atoms with Crippen LogP contribution in [0.5, 0.6) is 0 Å². The molecule has 1 saturated heterocycles. The van der Waals surface area contributed by atoms with E-state index in [0.29, 0.717) is 17.5 Å². The molecule has 150 valence electrons. The van der Waals surface area contributed by atoms with E-state index in [2.05, 4.69) is 22.3 Å². The molecule has 4 rings (SSSR count). The lowest BCUT2D eigenvalue weighted by Crippen LogP contribution is -2.40. The molecular weight excluding hydrogens is 364 g/mol. The summed E-state index contributed by atoms with van der Waals surface area (Å²) in [5, 5.41) is 3.48. The highest BCUT2D eigenvalue weighted by molar-refractivity contribution is 5.93. The number of amides is 1. The van der Waals surface area contributed by atoms with Crippen molar-refractivity contribution >= 4 is 16.9 Å². The number of hydrogen-bond acceptors (Lipinski definition) is 4. The van der Waals surface area contributed by atoms with Crippen LogP contribution in [0.2, 0.25) is 0 Å². The summed E-state index contributed by atoms with van der Waals surface area (Å²) in [5.74, 6) is -0.304. The Balaban J connectivity index is 1.55. The van der Waals surface area contributed by atoms with Crippen molar-refractivity contribution in [1.29, 1.82) is 0 Å². The standard InChI is InChI=1S/C24H26N2O3/c1-17-10-11-19-21(27)15-23(29-22(19)14-17)24(28)25-16-20(18-8-4-2-5-9-18)26-12-6-3-7-13-26/h2,4-5,8-11,14-15,20H,3,6-7,12-13,16H2,1H3,(H,25,28). The zero-order chi connectivity index (χ0) is 20.2. The first-order valence-electron chi connectivity index (χ1n) is 10.2. The molecule has 1 fully saturated rings. The molecule has 29 heavy (non-hydrogen) atoms. The van der Waals surface area contributed by atoms with Crippen LogP contribution in [0.25, 0.3) is 11.0 Å². The molecule has 2 heterocycles. The van der Waals surface area contributed by atoms with Gasteiger partial charge in [0, 0.05) is 12.6 Å². The van der Waals surface area contributed by atoms with Gasteiger partial charge in [-0.25, -0.2) is 0 Å². The van der Waals surface area contributed by atoms with Gasteiger partial charge < -0.3 is 9.73 Å². The van der Waals surface area contributed by atoms with Crippen LogP contribution < -0.4 is 10.7 Å². The van der Waals surface area contributed by atoms with Crippen molar-refractivity contribution in [1.82, 2.24) is 10.2 Å². The summed E-state index contributed by atoms with van der Waals surface area (Å²) in [6.07, 6.45) is 3.61. The van der Waals surface area contributed by atoms with E-state index >= 15 is 0 Å².